The fourth-order valence-corrected chi connectivity index (χ4v) is 2.30. The Balaban J connectivity index is 2.94. The minimum atomic E-state index is -0.222. The van der Waals surface area contributed by atoms with Gasteiger partial charge in [-0.2, -0.15) is 0 Å². The maximum atomic E-state index is 13.7. The molecule has 0 fully saturated rings. The zero-order valence-corrected chi connectivity index (χ0v) is 11.2. The molecule has 2 atom stereocenters. The number of rotatable bonds is 5. The molecule has 0 aromatic heterocycles. The minimum absolute atomic E-state index is 0.148. The Kier molecular flexibility index (Phi) is 5.38. The van der Waals surface area contributed by atoms with Crippen LogP contribution in [0.1, 0.15) is 38.3 Å². The molecule has 0 saturated carbocycles. The highest BCUT2D eigenvalue weighted by molar-refractivity contribution is 9.10. The maximum absolute atomic E-state index is 13.7. The van der Waals surface area contributed by atoms with E-state index in [1.807, 2.05) is 6.07 Å². The van der Waals surface area contributed by atoms with Gasteiger partial charge in [0, 0.05) is 10.0 Å². The van der Waals surface area contributed by atoms with E-state index >= 15 is 0 Å². The highest BCUT2D eigenvalue weighted by Gasteiger charge is 2.19. The first-order chi connectivity index (χ1) is 7.60. The van der Waals surface area contributed by atoms with Gasteiger partial charge in [0.25, 0.3) is 0 Å². The predicted molar refractivity (Wildman–Crippen MR) is 68.2 cm³/mol. The smallest absolute Gasteiger partial charge is 0.129 e. The van der Waals surface area contributed by atoms with Crippen molar-refractivity contribution in [1.29, 1.82) is 0 Å². The summed E-state index contributed by atoms with van der Waals surface area (Å²) >= 11 is 3.36. The Bertz CT molecular complexity index is 324. The molecule has 1 aromatic carbocycles. The number of halogens is 2. The maximum Gasteiger partial charge on any atom is 0.129 e. The molecule has 0 heterocycles. The minimum Gasteiger partial charge on any atom is -0.271 e. The third-order valence-electron chi connectivity index (χ3n) is 2.88. The zero-order valence-electron chi connectivity index (χ0n) is 9.63. The van der Waals surface area contributed by atoms with Crippen LogP contribution in [0.5, 0.6) is 0 Å². The molecule has 2 nitrogen and oxygen atoms in total. The number of nitrogens with two attached hydrogens (primary N) is 1. The van der Waals surface area contributed by atoms with Crippen molar-refractivity contribution in [2.75, 3.05) is 0 Å². The molecular weight excluding hydrogens is 271 g/mol. The van der Waals surface area contributed by atoms with Gasteiger partial charge < -0.3 is 0 Å². The third kappa shape index (κ3) is 3.27. The quantitative estimate of drug-likeness (QED) is 0.643. The molecule has 0 aliphatic heterocycles. The lowest BCUT2D eigenvalue weighted by molar-refractivity contribution is 0.396. The van der Waals surface area contributed by atoms with Crippen LogP contribution in [0.2, 0.25) is 0 Å². The summed E-state index contributed by atoms with van der Waals surface area (Å²) in [5.74, 6) is 5.79. The summed E-state index contributed by atoms with van der Waals surface area (Å²) in [5, 5.41) is 0. The highest BCUT2D eigenvalue weighted by Crippen LogP contribution is 2.30. The molecule has 90 valence electrons. The zero-order chi connectivity index (χ0) is 12.1. The van der Waals surface area contributed by atoms with Gasteiger partial charge >= 0.3 is 0 Å². The predicted octanol–water partition coefficient (Wildman–Crippen LogP) is 3.53. The Labute approximate surface area is 105 Å². The Morgan fingerprint density at radius 1 is 1.50 bits per heavy atom. The second-order valence-electron chi connectivity index (χ2n) is 4.10. The van der Waals surface area contributed by atoms with Gasteiger partial charge in [0.2, 0.25) is 0 Å². The second kappa shape index (κ2) is 6.33. The average molecular weight is 289 g/mol. The van der Waals surface area contributed by atoms with Gasteiger partial charge in [0.1, 0.15) is 5.82 Å². The van der Waals surface area contributed by atoms with E-state index in [2.05, 4.69) is 35.2 Å². The molecule has 0 amide bonds. The molecule has 0 bridgehead atoms. The normalized spacial score (nSPS) is 14.8. The van der Waals surface area contributed by atoms with Crippen molar-refractivity contribution in [3.63, 3.8) is 0 Å². The molecule has 0 saturated heterocycles. The topological polar surface area (TPSA) is 38.0 Å². The molecule has 0 aliphatic carbocycles. The van der Waals surface area contributed by atoms with E-state index in [0.29, 0.717) is 11.5 Å². The van der Waals surface area contributed by atoms with E-state index in [1.54, 1.807) is 6.07 Å². The number of hydrazine groups is 1. The summed E-state index contributed by atoms with van der Waals surface area (Å²) in [6.07, 6.45) is 1.89. The summed E-state index contributed by atoms with van der Waals surface area (Å²) in [4.78, 5) is 0. The first-order valence-electron chi connectivity index (χ1n) is 5.50. The van der Waals surface area contributed by atoms with Crippen molar-refractivity contribution in [2.45, 2.75) is 32.7 Å². The molecule has 2 unspecified atom stereocenters. The molecular formula is C12H18BrFN2. The van der Waals surface area contributed by atoms with Crippen LogP contribution >= 0.6 is 15.9 Å². The van der Waals surface area contributed by atoms with Gasteiger partial charge in [-0.25, -0.2) is 4.39 Å². The second-order valence-corrected chi connectivity index (χ2v) is 4.96. The SMILES string of the molecule is CCC(C)CC(NN)c1c(F)cccc1Br. The summed E-state index contributed by atoms with van der Waals surface area (Å²) < 4.78 is 14.5. The molecule has 0 spiro atoms. The Morgan fingerprint density at radius 3 is 2.69 bits per heavy atom. The summed E-state index contributed by atoms with van der Waals surface area (Å²) in [6.45, 7) is 4.26. The lowest BCUT2D eigenvalue weighted by atomic mass is 9.94. The van der Waals surface area contributed by atoms with Crippen LogP contribution in [-0.4, -0.2) is 0 Å². The van der Waals surface area contributed by atoms with Gasteiger partial charge in [0.05, 0.1) is 6.04 Å². The first kappa shape index (κ1) is 13.6. The third-order valence-corrected chi connectivity index (χ3v) is 3.58. The van der Waals surface area contributed by atoms with Gasteiger partial charge in [-0.15, -0.1) is 0 Å². The standard InChI is InChI=1S/C12H18BrFN2/c1-3-8(2)7-11(16-15)12-9(13)5-4-6-10(12)14/h4-6,8,11,16H,3,7,15H2,1-2H3. The lowest BCUT2D eigenvalue weighted by Crippen LogP contribution is -2.30. The van der Waals surface area contributed by atoms with E-state index < -0.39 is 0 Å². The van der Waals surface area contributed by atoms with Crippen LogP contribution in [-0.2, 0) is 0 Å². The van der Waals surface area contributed by atoms with Crippen molar-refractivity contribution in [3.8, 4) is 0 Å². The van der Waals surface area contributed by atoms with Crippen molar-refractivity contribution in [2.24, 2.45) is 11.8 Å². The van der Waals surface area contributed by atoms with Crippen LogP contribution in [0.3, 0.4) is 0 Å². The van der Waals surface area contributed by atoms with Crippen molar-refractivity contribution in [3.05, 3.63) is 34.1 Å². The monoisotopic (exact) mass is 288 g/mol. The Morgan fingerprint density at radius 2 is 2.19 bits per heavy atom. The average Bonchev–Trinajstić information content (AvgIpc) is 2.27. The van der Waals surface area contributed by atoms with Crippen molar-refractivity contribution < 1.29 is 4.39 Å². The first-order valence-corrected chi connectivity index (χ1v) is 6.29. The molecule has 1 aromatic rings. The van der Waals surface area contributed by atoms with Crippen LogP contribution in [0.25, 0.3) is 0 Å². The van der Waals surface area contributed by atoms with Gasteiger partial charge in [0.15, 0.2) is 0 Å². The van der Waals surface area contributed by atoms with Gasteiger partial charge in [-0.3, -0.25) is 11.3 Å². The highest BCUT2D eigenvalue weighted by atomic mass is 79.9. The molecule has 3 N–H and O–H groups in total. The number of hydrogen-bond donors (Lipinski definition) is 2. The Hall–Kier alpha value is -0.450. The summed E-state index contributed by atoms with van der Waals surface area (Å²) in [5.41, 5.74) is 3.31. The molecule has 4 heteroatoms. The van der Waals surface area contributed by atoms with Crippen molar-refractivity contribution in [1.82, 2.24) is 5.43 Å². The summed E-state index contributed by atoms with van der Waals surface area (Å²) in [6, 6.07) is 4.82. The van der Waals surface area contributed by atoms with Gasteiger partial charge in [-0.1, -0.05) is 42.3 Å². The van der Waals surface area contributed by atoms with Crippen LogP contribution in [0, 0.1) is 11.7 Å². The van der Waals surface area contributed by atoms with Crippen LogP contribution in [0.15, 0.2) is 22.7 Å². The van der Waals surface area contributed by atoms with E-state index in [-0.39, 0.29) is 11.9 Å². The number of nitrogens with one attached hydrogen (secondary N) is 1. The molecule has 16 heavy (non-hydrogen) atoms. The number of benzene rings is 1. The van der Waals surface area contributed by atoms with Crippen molar-refractivity contribution >= 4 is 15.9 Å². The summed E-state index contributed by atoms with van der Waals surface area (Å²) in [7, 11) is 0. The van der Waals surface area contributed by atoms with E-state index in [9.17, 15) is 4.39 Å². The van der Waals surface area contributed by atoms with E-state index in [0.717, 1.165) is 17.3 Å². The van der Waals surface area contributed by atoms with Crippen LogP contribution < -0.4 is 11.3 Å². The van der Waals surface area contributed by atoms with E-state index in [4.69, 9.17) is 5.84 Å². The largest absolute Gasteiger partial charge is 0.271 e. The number of hydrogen-bond acceptors (Lipinski definition) is 2. The molecule has 0 radical (unpaired) electrons. The lowest BCUT2D eigenvalue weighted by Gasteiger charge is -2.21. The van der Waals surface area contributed by atoms with E-state index in [1.165, 1.54) is 6.07 Å². The fraction of sp³-hybridized carbons (Fsp3) is 0.500. The fourth-order valence-electron chi connectivity index (χ4n) is 1.68. The molecule has 1 rings (SSSR count). The molecule has 0 aliphatic rings. The van der Waals surface area contributed by atoms with Gasteiger partial charge in [-0.05, 0) is 24.5 Å². The van der Waals surface area contributed by atoms with Crippen LogP contribution in [0.4, 0.5) is 4.39 Å².